The molecule has 4 N–H and O–H groups in total. The summed E-state index contributed by atoms with van der Waals surface area (Å²) in [4.78, 5) is 27.0. The van der Waals surface area contributed by atoms with Gasteiger partial charge in [0.25, 0.3) is 0 Å². The van der Waals surface area contributed by atoms with E-state index in [-0.39, 0.29) is 27.3 Å². The number of ketones is 1. The van der Waals surface area contributed by atoms with Crippen molar-refractivity contribution in [1.29, 1.82) is 0 Å². The van der Waals surface area contributed by atoms with Gasteiger partial charge >= 0.3 is 5.97 Å². The number of nitrogens with zero attached hydrogens (tertiary/aromatic N) is 2. The number of carboxylic acids is 1. The molecule has 1 aromatic carbocycles. The Morgan fingerprint density at radius 1 is 1.24 bits per heavy atom. The number of aromatic nitrogens is 2. The van der Waals surface area contributed by atoms with Crippen LogP contribution in [0.4, 0.5) is 25.4 Å². The maximum Gasteiger partial charge on any atom is 0.358 e. The first-order chi connectivity index (χ1) is 11.8. The van der Waals surface area contributed by atoms with Crippen LogP contribution in [0.5, 0.6) is 0 Å². The third-order valence-electron chi connectivity index (χ3n) is 2.98. The highest BCUT2D eigenvalue weighted by Gasteiger charge is 2.23. The zero-order valence-corrected chi connectivity index (χ0v) is 12.9. The quantitative estimate of drug-likeness (QED) is 0.587. The molecule has 0 aliphatic rings. The van der Waals surface area contributed by atoms with Gasteiger partial charge in [-0.1, -0.05) is 16.5 Å². The van der Waals surface area contributed by atoms with Crippen molar-refractivity contribution >= 4 is 39.7 Å². The number of hydrogen-bond donors (Lipinski definition) is 3. The molecule has 0 atom stereocenters. The number of benzene rings is 1. The van der Waals surface area contributed by atoms with Gasteiger partial charge < -0.3 is 20.7 Å². The predicted octanol–water partition coefficient (Wildman–Crippen LogP) is 2.66. The average Bonchev–Trinajstić information content (AvgIpc) is 3.17. The van der Waals surface area contributed by atoms with Gasteiger partial charge in [-0.25, -0.2) is 18.6 Å². The molecule has 2 heterocycles. The predicted molar refractivity (Wildman–Crippen MR) is 83.1 cm³/mol. The summed E-state index contributed by atoms with van der Waals surface area (Å²) in [6, 6.07) is 4.10. The molecule has 25 heavy (non-hydrogen) atoms. The monoisotopic (exact) mass is 366 g/mol. The van der Waals surface area contributed by atoms with E-state index in [1.165, 1.54) is 6.07 Å². The molecule has 0 amide bonds. The molecule has 0 unspecified atom stereocenters. The van der Waals surface area contributed by atoms with Crippen LogP contribution in [0.25, 0.3) is 0 Å². The smallest absolute Gasteiger partial charge is 0.358 e. The zero-order chi connectivity index (χ0) is 18.1. The molecule has 0 saturated carbocycles. The third-order valence-corrected chi connectivity index (χ3v) is 3.97. The number of nitrogens with one attached hydrogen (secondary N) is 1. The molecule has 0 spiro atoms. The molecule has 0 saturated heterocycles. The van der Waals surface area contributed by atoms with Gasteiger partial charge in [0.1, 0.15) is 10.7 Å². The number of aromatic carboxylic acids is 1. The highest BCUT2D eigenvalue weighted by Crippen LogP contribution is 2.30. The van der Waals surface area contributed by atoms with Crippen molar-refractivity contribution in [1.82, 2.24) is 10.1 Å². The standard InChI is InChI=1S/C14H8F2N4O4S/c15-6-2-1-5(3-7(6)16)18-14-19-12(17)11(25-14)10(21)9-4-8(13(22)23)20-24-9/h1-4H,17H2,(H,18,19)(H,22,23). The first kappa shape index (κ1) is 16.5. The lowest BCUT2D eigenvalue weighted by Crippen LogP contribution is -2.01. The topological polar surface area (TPSA) is 131 Å². The Morgan fingerprint density at radius 2 is 2.00 bits per heavy atom. The first-order valence-electron chi connectivity index (χ1n) is 6.58. The fourth-order valence-corrected chi connectivity index (χ4v) is 2.69. The second-order valence-corrected chi connectivity index (χ2v) is 5.70. The number of carbonyl (C=O) groups is 2. The van der Waals surface area contributed by atoms with E-state index in [0.29, 0.717) is 0 Å². The Bertz CT molecular complexity index is 985. The Kier molecular flexibility index (Phi) is 4.15. The molecule has 2 aromatic heterocycles. The minimum absolute atomic E-state index is 0.0156. The van der Waals surface area contributed by atoms with Gasteiger partial charge in [0.15, 0.2) is 22.5 Å². The summed E-state index contributed by atoms with van der Waals surface area (Å²) in [5.41, 5.74) is 5.46. The number of rotatable bonds is 5. The number of carbonyl (C=O) groups excluding carboxylic acids is 1. The van der Waals surface area contributed by atoms with E-state index in [0.717, 1.165) is 29.5 Å². The van der Waals surface area contributed by atoms with Crippen molar-refractivity contribution in [2.75, 3.05) is 11.1 Å². The molecule has 0 aliphatic carbocycles. The van der Waals surface area contributed by atoms with Crippen LogP contribution < -0.4 is 11.1 Å². The number of halogens is 2. The molecule has 0 bridgehead atoms. The van der Waals surface area contributed by atoms with Gasteiger partial charge in [0, 0.05) is 17.8 Å². The maximum absolute atomic E-state index is 13.2. The number of nitrogen functional groups attached to an aromatic ring is 1. The van der Waals surface area contributed by atoms with Gasteiger partial charge in [-0.2, -0.15) is 0 Å². The number of anilines is 3. The summed E-state index contributed by atoms with van der Waals surface area (Å²) in [6.45, 7) is 0. The average molecular weight is 366 g/mol. The van der Waals surface area contributed by atoms with Crippen LogP contribution in [-0.4, -0.2) is 27.0 Å². The van der Waals surface area contributed by atoms with Crippen LogP contribution in [0.3, 0.4) is 0 Å². The van der Waals surface area contributed by atoms with Crippen LogP contribution in [0.2, 0.25) is 0 Å². The van der Waals surface area contributed by atoms with Crippen molar-refractivity contribution in [2.24, 2.45) is 0 Å². The number of carboxylic acid groups (broad SMARTS) is 1. The van der Waals surface area contributed by atoms with Crippen LogP contribution in [0, 0.1) is 11.6 Å². The number of hydrogen-bond acceptors (Lipinski definition) is 8. The number of thiazole rings is 1. The van der Waals surface area contributed by atoms with E-state index >= 15 is 0 Å². The van der Waals surface area contributed by atoms with Gasteiger partial charge in [0.05, 0.1) is 0 Å². The Balaban J connectivity index is 1.84. The molecular formula is C14H8F2N4O4S. The van der Waals surface area contributed by atoms with E-state index in [4.69, 9.17) is 10.8 Å². The lowest BCUT2D eigenvalue weighted by Gasteiger charge is -2.02. The summed E-state index contributed by atoms with van der Waals surface area (Å²) in [7, 11) is 0. The molecule has 128 valence electrons. The van der Waals surface area contributed by atoms with Gasteiger partial charge in [-0.05, 0) is 12.1 Å². The fraction of sp³-hybridized carbons (Fsp3) is 0. The van der Waals surface area contributed by atoms with E-state index in [9.17, 15) is 18.4 Å². The first-order valence-corrected chi connectivity index (χ1v) is 7.40. The Morgan fingerprint density at radius 3 is 2.64 bits per heavy atom. The van der Waals surface area contributed by atoms with E-state index in [2.05, 4.69) is 20.0 Å². The van der Waals surface area contributed by atoms with E-state index in [1.54, 1.807) is 0 Å². The van der Waals surface area contributed by atoms with Crippen molar-refractivity contribution in [3.63, 3.8) is 0 Å². The maximum atomic E-state index is 13.2. The number of nitrogens with two attached hydrogens (primary N) is 1. The molecule has 0 fully saturated rings. The lowest BCUT2D eigenvalue weighted by atomic mass is 10.2. The van der Waals surface area contributed by atoms with Gasteiger partial charge in [-0.3, -0.25) is 4.79 Å². The summed E-state index contributed by atoms with van der Waals surface area (Å²) >= 11 is 0.837. The molecule has 3 rings (SSSR count). The second kappa shape index (κ2) is 6.28. The highest BCUT2D eigenvalue weighted by atomic mass is 32.1. The molecule has 11 heteroatoms. The van der Waals surface area contributed by atoms with Gasteiger partial charge in [-0.15, -0.1) is 0 Å². The van der Waals surface area contributed by atoms with E-state index < -0.39 is 29.1 Å². The van der Waals surface area contributed by atoms with Crippen LogP contribution >= 0.6 is 11.3 Å². The summed E-state index contributed by atoms with van der Waals surface area (Å²) in [6.07, 6.45) is 0. The van der Waals surface area contributed by atoms with Crippen LogP contribution in [0.1, 0.15) is 25.9 Å². The van der Waals surface area contributed by atoms with Crippen molar-refractivity contribution in [3.8, 4) is 0 Å². The molecule has 3 aromatic rings. The molecular weight excluding hydrogens is 358 g/mol. The SMILES string of the molecule is Nc1nc(Nc2ccc(F)c(F)c2)sc1C(=O)c1cc(C(=O)O)no1. The zero-order valence-electron chi connectivity index (χ0n) is 12.1. The normalized spacial score (nSPS) is 10.6. The summed E-state index contributed by atoms with van der Waals surface area (Å²) in [5, 5.41) is 14.9. The van der Waals surface area contributed by atoms with Crippen molar-refractivity contribution in [3.05, 3.63) is 52.2 Å². The largest absolute Gasteiger partial charge is 0.476 e. The Hall–Kier alpha value is -3.34. The molecule has 8 nitrogen and oxygen atoms in total. The molecule has 0 radical (unpaired) electrons. The summed E-state index contributed by atoms with van der Waals surface area (Å²) in [5.74, 6) is -4.54. The highest BCUT2D eigenvalue weighted by molar-refractivity contribution is 7.18. The van der Waals surface area contributed by atoms with Gasteiger partial charge in [0.2, 0.25) is 11.5 Å². The van der Waals surface area contributed by atoms with Crippen molar-refractivity contribution in [2.45, 2.75) is 0 Å². The lowest BCUT2D eigenvalue weighted by molar-refractivity contribution is 0.0685. The molecule has 0 aliphatic heterocycles. The second-order valence-electron chi connectivity index (χ2n) is 4.70. The minimum atomic E-state index is -1.35. The minimum Gasteiger partial charge on any atom is -0.476 e. The summed E-state index contributed by atoms with van der Waals surface area (Å²) < 4.78 is 30.8. The fourth-order valence-electron chi connectivity index (χ4n) is 1.84. The Labute approximate surface area is 141 Å². The van der Waals surface area contributed by atoms with Crippen molar-refractivity contribution < 1.29 is 28.0 Å². The van der Waals surface area contributed by atoms with Crippen LogP contribution in [-0.2, 0) is 0 Å². The van der Waals surface area contributed by atoms with Crippen LogP contribution in [0.15, 0.2) is 28.8 Å². The van der Waals surface area contributed by atoms with E-state index in [1.807, 2.05) is 0 Å². The third kappa shape index (κ3) is 3.30.